The van der Waals surface area contributed by atoms with Gasteiger partial charge < -0.3 is 4.74 Å². The maximum Gasteiger partial charge on any atom is 0.260 e. The Morgan fingerprint density at radius 1 is 1.19 bits per heavy atom. The molecule has 1 aromatic heterocycles. The van der Waals surface area contributed by atoms with Crippen molar-refractivity contribution in [3.05, 3.63) is 57.6 Å². The van der Waals surface area contributed by atoms with Crippen LogP contribution < -0.4 is 4.90 Å². The second kappa shape index (κ2) is 10.9. The fraction of sp³-hybridized carbons (Fsp3) is 0.391. The summed E-state index contributed by atoms with van der Waals surface area (Å²) >= 11 is 5.10. The molecule has 0 radical (unpaired) electrons. The van der Waals surface area contributed by atoms with Gasteiger partial charge in [0, 0.05) is 36.2 Å². The van der Waals surface area contributed by atoms with Gasteiger partial charge in [-0.3, -0.25) is 14.6 Å². The lowest BCUT2D eigenvalue weighted by Crippen LogP contribution is -2.39. The number of aromatic nitrogens is 1. The molecule has 0 unspecified atom stereocenters. The predicted molar refractivity (Wildman–Crippen MR) is 134 cm³/mol. The molecule has 5 nitrogen and oxygen atoms in total. The number of rotatable bonds is 6. The quantitative estimate of drug-likeness (QED) is 0.429. The average molecular weight is 525 g/mol. The van der Waals surface area contributed by atoms with E-state index in [1.165, 1.54) is 0 Å². The highest BCUT2D eigenvalue weighted by molar-refractivity contribution is 9.10. The molecule has 8 heteroatoms. The van der Waals surface area contributed by atoms with E-state index in [2.05, 4.69) is 26.9 Å². The van der Waals surface area contributed by atoms with E-state index >= 15 is 0 Å². The van der Waals surface area contributed by atoms with Crippen LogP contribution in [-0.4, -0.2) is 55.2 Å². The van der Waals surface area contributed by atoms with Crippen molar-refractivity contribution in [1.82, 2.24) is 9.88 Å². The molecule has 166 valence electrons. The monoisotopic (exact) mass is 523 g/mol. The van der Waals surface area contributed by atoms with E-state index in [0.29, 0.717) is 6.54 Å². The minimum absolute atomic E-state index is 0. The first kappa shape index (κ1) is 24.1. The Hall–Kier alpha value is -1.51. The molecule has 0 atom stereocenters. The standard InChI is InChI=1S/C23H26BrN3O2S.ClH/c1-16-4-5-17(2)19(14-16)22(28)27(9-3-8-26-10-12-29-13-11-26)23-25-20-7-6-18(24)15-21(20)30-23;/h4-7,14-15H,3,8-13H2,1-2H3;1H. The Morgan fingerprint density at radius 3 is 2.74 bits per heavy atom. The number of thiazole rings is 1. The van der Waals surface area contributed by atoms with Gasteiger partial charge in [-0.2, -0.15) is 0 Å². The van der Waals surface area contributed by atoms with Gasteiger partial charge in [0.1, 0.15) is 0 Å². The zero-order chi connectivity index (χ0) is 21.1. The molecular weight excluding hydrogens is 498 g/mol. The van der Waals surface area contributed by atoms with Gasteiger partial charge in [-0.05, 0) is 50.1 Å². The summed E-state index contributed by atoms with van der Waals surface area (Å²) in [5.74, 6) is 0.0244. The maximum atomic E-state index is 13.6. The molecule has 0 aliphatic carbocycles. The number of benzene rings is 2. The van der Waals surface area contributed by atoms with Crippen molar-refractivity contribution < 1.29 is 9.53 Å². The Bertz CT molecular complexity index is 1050. The molecule has 3 aromatic rings. The third-order valence-electron chi connectivity index (χ3n) is 5.40. The minimum atomic E-state index is 0. The number of amides is 1. The molecule has 0 N–H and O–H groups in total. The summed E-state index contributed by atoms with van der Waals surface area (Å²) in [7, 11) is 0. The number of carbonyl (C=O) groups excluding carboxylic acids is 1. The number of fused-ring (bicyclic) bond motifs is 1. The van der Waals surface area contributed by atoms with Crippen LogP contribution in [0.5, 0.6) is 0 Å². The van der Waals surface area contributed by atoms with E-state index in [9.17, 15) is 4.79 Å². The zero-order valence-electron chi connectivity index (χ0n) is 17.8. The highest BCUT2D eigenvalue weighted by Gasteiger charge is 2.23. The van der Waals surface area contributed by atoms with Crippen molar-refractivity contribution >= 4 is 60.9 Å². The summed E-state index contributed by atoms with van der Waals surface area (Å²) in [4.78, 5) is 22.6. The number of carbonyl (C=O) groups is 1. The molecule has 1 aliphatic rings. The highest BCUT2D eigenvalue weighted by atomic mass is 79.9. The summed E-state index contributed by atoms with van der Waals surface area (Å²) in [6, 6.07) is 12.1. The molecule has 2 heterocycles. The lowest BCUT2D eigenvalue weighted by atomic mass is 10.0. The first-order chi connectivity index (χ1) is 14.5. The summed E-state index contributed by atoms with van der Waals surface area (Å²) in [6.07, 6.45) is 0.899. The van der Waals surface area contributed by atoms with Crippen LogP contribution in [0.15, 0.2) is 40.9 Å². The van der Waals surface area contributed by atoms with Gasteiger partial charge in [-0.15, -0.1) is 12.4 Å². The van der Waals surface area contributed by atoms with Gasteiger partial charge in [-0.1, -0.05) is 45.0 Å². The number of hydrogen-bond acceptors (Lipinski definition) is 5. The molecule has 0 bridgehead atoms. The van der Waals surface area contributed by atoms with Crippen molar-refractivity contribution in [3.8, 4) is 0 Å². The molecule has 1 aliphatic heterocycles. The Kier molecular flexibility index (Phi) is 8.47. The van der Waals surface area contributed by atoms with E-state index in [-0.39, 0.29) is 18.3 Å². The van der Waals surface area contributed by atoms with Gasteiger partial charge in [0.25, 0.3) is 5.91 Å². The number of nitrogens with zero attached hydrogens (tertiary/aromatic N) is 3. The number of hydrogen-bond donors (Lipinski definition) is 0. The fourth-order valence-electron chi connectivity index (χ4n) is 3.67. The summed E-state index contributed by atoms with van der Waals surface area (Å²) in [5.41, 5.74) is 3.75. The lowest BCUT2D eigenvalue weighted by Gasteiger charge is -2.28. The van der Waals surface area contributed by atoms with Crippen LogP contribution in [0.3, 0.4) is 0 Å². The summed E-state index contributed by atoms with van der Waals surface area (Å²) in [5, 5.41) is 0.760. The third-order valence-corrected chi connectivity index (χ3v) is 6.93. The van der Waals surface area contributed by atoms with E-state index in [1.54, 1.807) is 11.3 Å². The molecule has 4 rings (SSSR count). The zero-order valence-corrected chi connectivity index (χ0v) is 21.0. The number of ether oxygens (including phenoxy) is 1. The van der Waals surface area contributed by atoms with Crippen molar-refractivity contribution in [1.29, 1.82) is 0 Å². The maximum absolute atomic E-state index is 13.6. The predicted octanol–water partition coefficient (Wildman–Crippen LogP) is 5.47. The van der Waals surface area contributed by atoms with E-state index in [0.717, 1.165) is 75.8 Å². The normalized spacial score (nSPS) is 14.4. The molecule has 1 saturated heterocycles. The van der Waals surface area contributed by atoms with Crippen molar-refractivity contribution in [2.45, 2.75) is 20.3 Å². The molecule has 1 fully saturated rings. The average Bonchev–Trinajstić information content (AvgIpc) is 3.16. The van der Waals surface area contributed by atoms with Gasteiger partial charge in [0.05, 0.1) is 23.4 Å². The van der Waals surface area contributed by atoms with Crippen molar-refractivity contribution in [3.63, 3.8) is 0 Å². The molecule has 0 saturated carbocycles. The van der Waals surface area contributed by atoms with Crippen LogP contribution in [0.4, 0.5) is 5.13 Å². The second-order valence-corrected chi connectivity index (χ2v) is 9.62. The number of anilines is 1. The SMILES string of the molecule is Cc1ccc(C)c(C(=O)N(CCCN2CCOCC2)c2nc3ccc(Br)cc3s2)c1.Cl. The number of morpholine rings is 1. The topological polar surface area (TPSA) is 45.7 Å². The van der Waals surface area contributed by atoms with Crippen LogP contribution in [0.1, 0.15) is 27.9 Å². The highest BCUT2D eigenvalue weighted by Crippen LogP contribution is 2.32. The van der Waals surface area contributed by atoms with Gasteiger partial charge in [-0.25, -0.2) is 4.98 Å². The van der Waals surface area contributed by atoms with Crippen LogP contribution in [0.2, 0.25) is 0 Å². The van der Waals surface area contributed by atoms with Crippen molar-refractivity contribution in [2.75, 3.05) is 44.3 Å². The van der Waals surface area contributed by atoms with E-state index in [4.69, 9.17) is 9.72 Å². The smallest absolute Gasteiger partial charge is 0.260 e. The van der Waals surface area contributed by atoms with E-state index in [1.807, 2.05) is 49.1 Å². The number of halogens is 2. The first-order valence-electron chi connectivity index (χ1n) is 10.3. The first-order valence-corrected chi connectivity index (χ1v) is 11.9. The molecule has 31 heavy (non-hydrogen) atoms. The Morgan fingerprint density at radius 2 is 1.97 bits per heavy atom. The van der Waals surface area contributed by atoms with Crippen LogP contribution >= 0.6 is 39.7 Å². The molecule has 2 aromatic carbocycles. The van der Waals surface area contributed by atoms with Crippen molar-refractivity contribution in [2.24, 2.45) is 0 Å². The van der Waals surface area contributed by atoms with Crippen LogP contribution in [0, 0.1) is 13.8 Å². The molecule has 1 amide bonds. The Labute approximate surface area is 201 Å². The second-order valence-electron chi connectivity index (χ2n) is 7.69. The molecule has 0 spiro atoms. The number of aryl methyl sites for hydroxylation is 2. The van der Waals surface area contributed by atoms with Gasteiger partial charge >= 0.3 is 0 Å². The Balaban J connectivity index is 0.00000272. The lowest BCUT2D eigenvalue weighted by molar-refractivity contribution is 0.0376. The van der Waals surface area contributed by atoms with Gasteiger partial charge in [0.15, 0.2) is 5.13 Å². The fourth-order valence-corrected chi connectivity index (χ4v) is 5.22. The van der Waals surface area contributed by atoms with Gasteiger partial charge in [0.2, 0.25) is 0 Å². The third kappa shape index (κ3) is 5.84. The summed E-state index contributed by atoms with van der Waals surface area (Å²) < 4.78 is 7.54. The molecular formula is C23H27BrClN3O2S. The minimum Gasteiger partial charge on any atom is -0.379 e. The van der Waals surface area contributed by atoms with E-state index < -0.39 is 0 Å². The largest absolute Gasteiger partial charge is 0.379 e. The van der Waals surface area contributed by atoms with Crippen LogP contribution in [-0.2, 0) is 4.74 Å². The summed E-state index contributed by atoms with van der Waals surface area (Å²) in [6.45, 7) is 9.11. The van der Waals surface area contributed by atoms with Crippen LogP contribution in [0.25, 0.3) is 10.2 Å².